The van der Waals surface area contributed by atoms with Gasteiger partial charge in [-0.15, -0.1) is 0 Å². The van der Waals surface area contributed by atoms with Gasteiger partial charge in [0.1, 0.15) is 6.54 Å². The lowest BCUT2D eigenvalue weighted by Gasteiger charge is -2.26. The molecule has 1 N–H and O–H groups in total. The number of amides is 1. The molecule has 1 heterocycles. The standard InChI is InChI=1S/C12H22N2O3/c1-9(2)14(8-12(16)17-3)11(15)7-10-5-4-6-13-10/h9-10,13H,4-8H2,1-3H3. The molecule has 1 rings (SSSR count). The lowest BCUT2D eigenvalue weighted by Crippen LogP contribution is -2.43. The van der Waals surface area contributed by atoms with Crippen LogP contribution in [0, 0.1) is 0 Å². The van der Waals surface area contributed by atoms with E-state index in [0.29, 0.717) is 6.42 Å². The van der Waals surface area contributed by atoms with Crippen molar-refractivity contribution in [3.05, 3.63) is 0 Å². The molecule has 0 bridgehead atoms. The van der Waals surface area contributed by atoms with Crippen LogP contribution in [0.3, 0.4) is 0 Å². The fourth-order valence-electron chi connectivity index (χ4n) is 2.02. The van der Waals surface area contributed by atoms with Crippen molar-refractivity contribution in [1.82, 2.24) is 10.2 Å². The van der Waals surface area contributed by atoms with Crippen molar-refractivity contribution < 1.29 is 14.3 Å². The predicted molar refractivity (Wildman–Crippen MR) is 64.5 cm³/mol. The van der Waals surface area contributed by atoms with Gasteiger partial charge in [0, 0.05) is 18.5 Å². The Kier molecular flexibility index (Phi) is 5.41. The Labute approximate surface area is 102 Å². The molecule has 1 atom stereocenters. The Hall–Kier alpha value is -1.10. The van der Waals surface area contributed by atoms with Gasteiger partial charge in [0.05, 0.1) is 7.11 Å². The van der Waals surface area contributed by atoms with Gasteiger partial charge in [0.2, 0.25) is 5.91 Å². The third kappa shape index (κ3) is 4.34. The van der Waals surface area contributed by atoms with E-state index < -0.39 is 0 Å². The zero-order valence-corrected chi connectivity index (χ0v) is 10.9. The summed E-state index contributed by atoms with van der Waals surface area (Å²) in [4.78, 5) is 24.9. The van der Waals surface area contributed by atoms with E-state index in [1.54, 1.807) is 4.90 Å². The number of carbonyl (C=O) groups excluding carboxylic acids is 2. The highest BCUT2D eigenvalue weighted by Crippen LogP contribution is 2.12. The summed E-state index contributed by atoms with van der Waals surface area (Å²) in [7, 11) is 1.34. The van der Waals surface area contributed by atoms with Crippen LogP contribution in [0.15, 0.2) is 0 Å². The Bertz CT molecular complexity index is 273. The Morgan fingerprint density at radius 2 is 2.18 bits per heavy atom. The zero-order valence-electron chi connectivity index (χ0n) is 10.9. The van der Waals surface area contributed by atoms with Crippen LogP contribution in [0.4, 0.5) is 0 Å². The highest BCUT2D eigenvalue weighted by Gasteiger charge is 2.24. The molecule has 0 spiro atoms. The van der Waals surface area contributed by atoms with E-state index >= 15 is 0 Å². The highest BCUT2D eigenvalue weighted by atomic mass is 16.5. The molecule has 1 saturated heterocycles. The lowest BCUT2D eigenvalue weighted by atomic mass is 10.1. The van der Waals surface area contributed by atoms with E-state index in [4.69, 9.17) is 0 Å². The van der Waals surface area contributed by atoms with Gasteiger partial charge in [-0.1, -0.05) is 0 Å². The second-order valence-corrected chi connectivity index (χ2v) is 4.69. The average Bonchev–Trinajstić information content (AvgIpc) is 2.77. The first-order chi connectivity index (χ1) is 8.04. The molecule has 1 fully saturated rings. The average molecular weight is 242 g/mol. The minimum Gasteiger partial charge on any atom is -0.468 e. The molecule has 17 heavy (non-hydrogen) atoms. The monoisotopic (exact) mass is 242 g/mol. The summed E-state index contributed by atoms with van der Waals surface area (Å²) in [5.41, 5.74) is 0. The van der Waals surface area contributed by atoms with Crippen molar-refractivity contribution in [3.63, 3.8) is 0 Å². The number of methoxy groups -OCH3 is 1. The van der Waals surface area contributed by atoms with Crippen LogP contribution >= 0.6 is 0 Å². The normalized spacial score (nSPS) is 19.4. The highest BCUT2D eigenvalue weighted by molar-refractivity contribution is 5.82. The van der Waals surface area contributed by atoms with Crippen molar-refractivity contribution in [2.45, 2.75) is 45.2 Å². The molecule has 0 aliphatic carbocycles. The van der Waals surface area contributed by atoms with Crippen molar-refractivity contribution in [3.8, 4) is 0 Å². The lowest BCUT2D eigenvalue weighted by molar-refractivity contribution is -0.148. The molecule has 1 amide bonds. The number of rotatable bonds is 5. The topological polar surface area (TPSA) is 58.6 Å². The SMILES string of the molecule is COC(=O)CN(C(=O)CC1CCCN1)C(C)C. The zero-order chi connectivity index (χ0) is 12.8. The third-order valence-electron chi connectivity index (χ3n) is 3.05. The van der Waals surface area contributed by atoms with Crippen LogP contribution in [0.1, 0.15) is 33.1 Å². The minimum atomic E-state index is -0.369. The van der Waals surface area contributed by atoms with Crippen LogP contribution in [0.25, 0.3) is 0 Å². The van der Waals surface area contributed by atoms with Gasteiger partial charge in [0.15, 0.2) is 0 Å². The van der Waals surface area contributed by atoms with Crippen molar-refractivity contribution in [1.29, 1.82) is 0 Å². The number of ether oxygens (including phenoxy) is 1. The number of nitrogens with zero attached hydrogens (tertiary/aromatic N) is 1. The molecule has 0 saturated carbocycles. The summed E-state index contributed by atoms with van der Waals surface area (Å²) in [6.07, 6.45) is 2.63. The molecule has 1 aliphatic rings. The van der Waals surface area contributed by atoms with E-state index in [9.17, 15) is 9.59 Å². The molecule has 1 unspecified atom stereocenters. The quantitative estimate of drug-likeness (QED) is 0.715. The molecule has 1 aliphatic heterocycles. The van der Waals surface area contributed by atoms with E-state index in [-0.39, 0.29) is 30.5 Å². The molecular formula is C12H22N2O3. The molecule has 0 aromatic heterocycles. The van der Waals surface area contributed by atoms with Gasteiger partial charge in [-0.2, -0.15) is 0 Å². The van der Waals surface area contributed by atoms with E-state index in [1.807, 2.05) is 13.8 Å². The third-order valence-corrected chi connectivity index (χ3v) is 3.05. The fourth-order valence-corrected chi connectivity index (χ4v) is 2.02. The Morgan fingerprint density at radius 3 is 2.65 bits per heavy atom. The first kappa shape index (κ1) is 14.0. The first-order valence-electron chi connectivity index (χ1n) is 6.14. The Balaban J connectivity index is 2.50. The first-order valence-corrected chi connectivity index (χ1v) is 6.14. The summed E-state index contributed by atoms with van der Waals surface area (Å²) >= 11 is 0. The largest absolute Gasteiger partial charge is 0.468 e. The molecule has 98 valence electrons. The summed E-state index contributed by atoms with van der Waals surface area (Å²) in [6, 6.07) is 0.282. The maximum absolute atomic E-state index is 12.1. The molecule has 0 radical (unpaired) electrons. The van der Waals surface area contributed by atoms with Gasteiger partial charge in [-0.05, 0) is 33.2 Å². The maximum Gasteiger partial charge on any atom is 0.325 e. The number of esters is 1. The van der Waals surface area contributed by atoms with Crippen LogP contribution in [0.5, 0.6) is 0 Å². The fraction of sp³-hybridized carbons (Fsp3) is 0.833. The van der Waals surface area contributed by atoms with Gasteiger partial charge >= 0.3 is 5.97 Å². The van der Waals surface area contributed by atoms with E-state index in [0.717, 1.165) is 19.4 Å². The molecule has 5 heteroatoms. The minimum absolute atomic E-state index is 0.0167. The maximum atomic E-state index is 12.1. The van der Waals surface area contributed by atoms with Gasteiger partial charge in [-0.25, -0.2) is 0 Å². The van der Waals surface area contributed by atoms with Crippen LogP contribution in [-0.2, 0) is 14.3 Å². The number of hydrogen-bond donors (Lipinski definition) is 1. The summed E-state index contributed by atoms with van der Waals surface area (Å²) in [6.45, 7) is 4.84. The summed E-state index contributed by atoms with van der Waals surface area (Å²) in [5.74, 6) is -0.351. The van der Waals surface area contributed by atoms with Crippen molar-refractivity contribution >= 4 is 11.9 Å². The number of nitrogens with one attached hydrogen (secondary N) is 1. The van der Waals surface area contributed by atoms with Gasteiger partial charge < -0.3 is 15.0 Å². The van der Waals surface area contributed by atoms with Crippen LogP contribution in [-0.4, -0.2) is 49.1 Å². The smallest absolute Gasteiger partial charge is 0.325 e. The second-order valence-electron chi connectivity index (χ2n) is 4.69. The van der Waals surface area contributed by atoms with Crippen LogP contribution < -0.4 is 5.32 Å². The molecule has 0 aromatic rings. The summed E-state index contributed by atoms with van der Waals surface area (Å²) in [5, 5.41) is 3.28. The Morgan fingerprint density at radius 1 is 1.47 bits per heavy atom. The second kappa shape index (κ2) is 6.59. The van der Waals surface area contributed by atoms with E-state index in [1.165, 1.54) is 7.11 Å². The van der Waals surface area contributed by atoms with Gasteiger partial charge in [0.25, 0.3) is 0 Å². The van der Waals surface area contributed by atoms with Crippen molar-refractivity contribution in [2.24, 2.45) is 0 Å². The predicted octanol–water partition coefficient (Wildman–Crippen LogP) is 0.539. The molecule has 5 nitrogen and oxygen atoms in total. The summed E-state index contributed by atoms with van der Waals surface area (Å²) < 4.78 is 4.60. The van der Waals surface area contributed by atoms with E-state index in [2.05, 4.69) is 10.1 Å². The number of carbonyl (C=O) groups is 2. The van der Waals surface area contributed by atoms with Crippen molar-refractivity contribution in [2.75, 3.05) is 20.2 Å². The molecule has 0 aromatic carbocycles. The van der Waals surface area contributed by atoms with Crippen LogP contribution in [0.2, 0.25) is 0 Å². The number of hydrogen-bond acceptors (Lipinski definition) is 4. The van der Waals surface area contributed by atoms with Gasteiger partial charge in [-0.3, -0.25) is 9.59 Å². The molecular weight excluding hydrogens is 220 g/mol.